The fourth-order valence-corrected chi connectivity index (χ4v) is 4.13. The maximum Gasteiger partial charge on any atom is 0.273 e. The van der Waals surface area contributed by atoms with E-state index in [-0.39, 0.29) is 35.5 Å². The monoisotopic (exact) mass is 379 g/mol. The van der Waals surface area contributed by atoms with Gasteiger partial charge >= 0.3 is 0 Å². The third-order valence-electron chi connectivity index (χ3n) is 5.46. The van der Waals surface area contributed by atoms with Gasteiger partial charge in [0.1, 0.15) is 5.92 Å². The molecule has 2 aliphatic carbocycles. The number of amides is 3. The lowest BCUT2D eigenvalue weighted by atomic mass is 10.1. The van der Waals surface area contributed by atoms with Gasteiger partial charge in [0.05, 0.1) is 10.7 Å². The highest BCUT2D eigenvalue weighted by Gasteiger charge is 2.37. The van der Waals surface area contributed by atoms with Crippen molar-refractivity contribution in [3.05, 3.63) is 16.4 Å². The summed E-state index contributed by atoms with van der Waals surface area (Å²) in [5.74, 6) is -1.07. The molecule has 1 aliphatic heterocycles. The summed E-state index contributed by atoms with van der Waals surface area (Å²) >= 11 is 6.29. The van der Waals surface area contributed by atoms with Crippen LogP contribution in [0.2, 0.25) is 5.02 Å². The van der Waals surface area contributed by atoms with Gasteiger partial charge in [-0.15, -0.1) is 0 Å². The van der Waals surface area contributed by atoms with Crippen LogP contribution in [0.5, 0.6) is 0 Å². The average Bonchev–Trinajstić information content (AvgIpc) is 3.00. The van der Waals surface area contributed by atoms with Crippen LogP contribution in [0.15, 0.2) is 0 Å². The molecule has 3 fully saturated rings. The number of halogens is 1. The number of nitrogens with zero attached hydrogens (tertiary/aromatic N) is 1. The average molecular weight is 380 g/mol. The number of aromatic amines is 1. The van der Waals surface area contributed by atoms with Gasteiger partial charge in [-0.2, -0.15) is 5.10 Å². The third-order valence-corrected chi connectivity index (χ3v) is 5.84. The molecule has 3 atom stereocenters. The number of carbonyl (C=O) groups excluding carboxylic acids is 3. The van der Waals surface area contributed by atoms with Gasteiger partial charge in [-0.3, -0.25) is 19.5 Å². The fraction of sp³-hybridized carbons (Fsp3) is 0.647. The highest BCUT2D eigenvalue weighted by atomic mass is 35.5. The summed E-state index contributed by atoms with van der Waals surface area (Å²) in [6.45, 7) is 0.530. The van der Waals surface area contributed by atoms with Crippen LogP contribution in [0.1, 0.15) is 60.6 Å². The Balaban J connectivity index is 1.38. The van der Waals surface area contributed by atoms with E-state index in [2.05, 4.69) is 26.1 Å². The molecule has 2 saturated carbocycles. The van der Waals surface area contributed by atoms with Gasteiger partial charge in [0.25, 0.3) is 5.91 Å². The van der Waals surface area contributed by atoms with Gasteiger partial charge < -0.3 is 16.0 Å². The number of carbonyl (C=O) groups is 3. The van der Waals surface area contributed by atoms with E-state index in [1.807, 2.05) is 0 Å². The molecule has 4 N–H and O–H groups in total. The second kappa shape index (κ2) is 6.90. The van der Waals surface area contributed by atoms with E-state index in [0.717, 1.165) is 37.8 Å². The molecule has 3 aliphatic rings. The highest BCUT2D eigenvalue weighted by molar-refractivity contribution is 6.34. The van der Waals surface area contributed by atoms with E-state index in [4.69, 9.17) is 11.6 Å². The molecule has 3 amide bonds. The molecule has 0 bridgehead atoms. The standard InChI is InChI=1S/C17H22ClN5O3/c18-12-13(8-4-5-8)22-23-14(12)17(26)21-11-3-1-2-10(11)20-16(25)9-6-7-19-15(9)24/h8-11H,1-7H2,(H,19,24)(H,20,25)(H,21,26)(H,22,23)/t9?,10-,11+/m1/s1. The van der Waals surface area contributed by atoms with Crippen LogP contribution in [-0.2, 0) is 9.59 Å². The smallest absolute Gasteiger partial charge is 0.273 e. The highest BCUT2D eigenvalue weighted by Crippen LogP contribution is 2.42. The van der Waals surface area contributed by atoms with Gasteiger partial charge in [-0.25, -0.2) is 0 Å². The lowest BCUT2D eigenvalue weighted by molar-refractivity contribution is -0.133. The summed E-state index contributed by atoms with van der Waals surface area (Å²) in [5, 5.41) is 15.9. The van der Waals surface area contributed by atoms with Crippen LogP contribution in [0, 0.1) is 5.92 Å². The van der Waals surface area contributed by atoms with E-state index >= 15 is 0 Å². The van der Waals surface area contributed by atoms with E-state index in [9.17, 15) is 14.4 Å². The molecule has 26 heavy (non-hydrogen) atoms. The number of rotatable bonds is 5. The van der Waals surface area contributed by atoms with Crippen LogP contribution in [-0.4, -0.2) is 46.5 Å². The number of hydrogen-bond donors (Lipinski definition) is 4. The predicted octanol–water partition coefficient (Wildman–Crippen LogP) is 0.844. The Morgan fingerprint density at radius 2 is 1.81 bits per heavy atom. The lowest BCUT2D eigenvalue weighted by Gasteiger charge is -2.23. The van der Waals surface area contributed by atoms with E-state index < -0.39 is 5.92 Å². The maximum absolute atomic E-state index is 12.6. The molecule has 9 heteroatoms. The molecule has 4 rings (SSSR count). The Morgan fingerprint density at radius 3 is 2.46 bits per heavy atom. The second-order valence-electron chi connectivity index (χ2n) is 7.33. The minimum Gasteiger partial charge on any atom is -0.355 e. The quantitative estimate of drug-likeness (QED) is 0.567. The lowest BCUT2D eigenvalue weighted by Crippen LogP contribution is -2.50. The summed E-state index contributed by atoms with van der Waals surface area (Å²) in [6, 6.07) is -0.367. The number of hydrogen-bond acceptors (Lipinski definition) is 4. The summed E-state index contributed by atoms with van der Waals surface area (Å²) in [5.41, 5.74) is 1.04. The molecule has 2 heterocycles. The van der Waals surface area contributed by atoms with Crippen molar-refractivity contribution in [2.24, 2.45) is 5.92 Å². The number of nitrogens with one attached hydrogen (secondary N) is 4. The summed E-state index contributed by atoms with van der Waals surface area (Å²) in [6.07, 6.45) is 5.08. The zero-order chi connectivity index (χ0) is 18.3. The predicted molar refractivity (Wildman–Crippen MR) is 93.7 cm³/mol. The first-order valence-electron chi connectivity index (χ1n) is 9.17. The Hall–Kier alpha value is -2.09. The van der Waals surface area contributed by atoms with Crippen LogP contribution in [0.25, 0.3) is 0 Å². The van der Waals surface area contributed by atoms with Crippen molar-refractivity contribution in [3.8, 4) is 0 Å². The molecule has 1 aromatic heterocycles. The largest absolute Gasteiger partial charge is 0.355 e. The van der Waals surface area contributed by atoms with Crippen LogP contribution in [0.4, 0.5) is 0 Å². The summed E-state index contributed by atoms with van der Waals surface area (Å²) in [4.78, 5) is 36.6. The Morgan fingerprint density at radius 1 is 1.08 bits per heavy atom. The Labute approximate surface area is 155 Å². The van der Waals surface area contributed by atoms with Crippen LogP contribution < -0.4 is 16.0 Å². The first-order valence-corrected chi connectivity index (χ1v) is 9.55. The molecule has 1 aromatic rings. The van der Waals surface area contributed by atoms with Gasteiger partial charge in [-0.05, 0) is 38.5 Å². The van der Waals surface area contributed by atoms with Crippen molar-refractivity contribution >= 4 is 29.3 Å². The normalized spacial score (nSPS) is 28.0. The molecule has 0 aromatic carbocycles. The zero-order valence-corrected chi connectivity index (χ0v) is 15.1. The van der Waals surface area contributed by atoms with Crippen molar-refractivity contribution in [2.75, 3.05) is 6.54 Å². The van der Waals surface area contributed by atoms with E-state index in [1.54, 1.807) is 0 Å². The SMILES string of the molecule is O=C(N[C@H]1CCC[C@H]1NC(=O)C1CCNC1=O)c1n[nH]c(C2CC2)c1Cl. The molecular formula is C17H22ClN5O3. The minimum absolute atomic E-state index is 0.180. The molecule has 0 radical (unpaired) electrons. The number of aromatic nitrogens is 2. The Bertz CT molecular complexity index is 745. The maximum atomic E-state index is 12.6. The molecule has 8 nitrogen and oxygen atoms in total. The van der Waals surface area contributed by atoms with Crippen molar-refractivity contribution in [3.63, 3.8) is 0 Å². The summed E-state index contributed by atoms with van der Waals surface area (Å²) in [7, 11) is 0. The molecule has 1 unspecified atom stereocenters. The minimum atomic E-state index is -0.631. The molecule has 1 saturated heterocycles. The molecular weight excluding hydrogens is 358 g/mol. The summed E-state index contributed by atoms with van der Waals surface area (Å²) < 4.78 is 0. The van der Waals surface area contributed by atoms with Gasteiger partial charge in [0.15, 0.2) is 5.69 Å². The van der Waals surface area contributed by atoms with E-state index in [0.29, 0.717) is 23.9 Å². The second-order valence-corrected chi connectivity index (χ2v) is 7.71. The van der Waals surface area contributed by atoms with Crippen LogP contribution in [0.3, 0.4) is 0 Å². The number of H-pyrrole nitrogens is 1. The third kappa shape index (κ3) is 3.30. The van der Waals surface area contributed by atoms with Gasteiger partial charge in [0.2, 0.25) is 11.8 Å². The van der Waals surface area contributed by atoms with Crippen molar-refractivity contribution < 1.29 is 14.4 Å². The first kappa shape index (κ1) is 17.3. The molecule has 0 spiro atoms. The van der Waals surface area contributed by atoms with Crippen molar-refractivity contribution in [1.82, 2.24) is 26.1 Å². The van der Waals surface area contributed by atoms with E-state index in [1.165, 1.54) is 0 Å². The topological polar surface area (TPSA) is 116 Å². The fourth-order valence-electron chi connectivity index (χ4n) is 3.80. The van der Waals surface area contributed by atoms with Gasteiger partial charge in [-0.1, -0.05) is 11.6 Å². The van der Waals surface area contributed by atoms with Crippen LogP contribution >= 0.6 is 11.6 Å². The van der Waals surface area contributed by atoms with Crippen molar-refractivity contribution in [2.45, 2.75) is 56.5 Å². The molecule has 140 valence electrons. The Kier molecular flexibility index (Phi) is 4.60. The zero-order valence-electron chi connectivity index (χ0n) is 14.3. The first-order chi connectivity index (χ1) is 12.5. The van der Waals surface area contributed by atoms with Gasteiger partial charge in [0, 0.05) is 24.5 Å². The van der Waals surface area contributed by atoms with Crippen molar-refractivity contribution in [1.29, 1.82) is 0 Å².